The van der Waals surface area contributed by atoms with Crippen molar-refractivity contribution in [1.82, 2.24) is 5.32 Å². The first-order valence-corrected chi connectivity index (χ1v) is 6.15. The molecule has 0 amide bonds. The van der Waals surface area contributed by atoms with Crippen LogP contribution >= 0.6 is 0 Å². The third kappa shape index (κ3) is 4.85. The molecule has 0 saturated heterocycles. The molecule has 0 unspecified atom stereocenters. The van der Waals surface area contributed by atoms with Crippen LogP contribution in [0.15, 0.2) is 24.3 Å². The first-order chi connectivity index (χ1) is 8.50. The van der Waals surface area contributed by atoms with Crippen LogP contribution in [0.2, 0.25) is 0 Å². The monoisotopic (exact) mass is 251 g/mol. The minimum Gasteiger partial charge on any atom is -0.459 e. The summed E-state index contributed by atoms with van der Waals surface area (Å²) >= 11 is 0. The van der Waals surface area contributed by atoms with Gasteiger partial charge in [-0.2, -0.15) is 0 Å². The zero-order valence-electron chi connectivity index (χ0n) is 11.1. The van der Waals surface area contributed by atoms with Crippen LogP contribution < -0.4 is 5.32 Å². The number of hydrogen-bond acceptors (Lipinski definition) is 4. The van der Waals surface area contributed by atoms with Crippen molar-refractivity contribution >= 4 is 5.97 Å². The molecule has 0 saturated carbocycles. The highest BCUT2D eigenvalue weighted by Gasteiger charge is 2.12. The van der Waals surface area contributed by atoms with Crippen molar-refractivity contribution in [3.8, 4) is 0 Å². The molecule has 0 aliphatic carbocycles. The Morgan fingerprint density at radius 1 is 1.39 bits per heavy atom. The molecule has 18 heavy (non-hydrogen) atoms. The lowest BCUT2D eigenvalue weighted by Gasteiger charge is -2.14. The number of ether oxygens (including phenoxy) is 1. The van der Waals surface area contributed by atoms with E-state index in [1.807, 2.05) is 32.9 Å². The second-order valence-electron chi connectivity index (χ2n) is 4.63. The minimum absolute atomic E-state index is 0.00683. The first kappa shape index (κ1) is 14.7. The molecule has 0 aromatic heterocycles. The van der Waals surface area contributed by atoms with Crippen LogP contribution in [0, 0.1) is 6.92 Å². The number of nitrogens with one attached hydrogen (secondary N) is 1. The van der Waals surface area contributed by atoms with Crippen LogP contribution in [0.3, 0.4) is 0 Å². The van der Waals surface area contributed by atoms with Crippen LogP contribution in [0.4, 0.5) is 0 Å². The molecule has 0 heterocycles. The van der Waals surface area contributed by atoms with E-state index in [9.17, 15) is 9.90 Å². The summed E-state index contributed by atoms with van der Waals surface area (Å²) in [5.74, 6) is -0.392. The Morgan fingerprint density at radius 2 is 2.06 bits per heavy atom. The number of aliphatic hydroxyl groups excluding tert-OH is 1. The van der Waals surface area contributed by atoms with E-state index in [0.29, 0.717) is 18.2 Å². The van der Waals surface area contributed by atoms with Crippen molar-refractivity contribution in [2.75, 3.05) is 13.2 Å². The summed E-state index contributed by atoms with van der Waals surface area (Å²) < 4.78 is 5.07. The quantitative estimate of drug-likeness (QED) is 0.752. The van der Waals surface area contributed by atoms with E-state index in [4.69, 9.17) is 4.74 Å². The maximum absolute atomic E-state index is 11.8. The predicted octanol–water partition coefficient (Wildman–Crippen LogP) is 1.51. The standard InChI is InChI=1S/C14H21NO3/c1-10(2)15-8-12(16)9-18-14(17)13-7-5-4-6-11(13)3/h4-7,10,12,15-16H,8-9H2,1-3H3/t12-/m0/s1. The molecule has 1 rings (SSSR count). The molecule has 0 bridgehead atoms. The van der Waals surface area contributed by atoms with Gasteiger partial charge < -0.3 is 15.2 Å². The normalized spacial score (nSPS) is 12.5. The highest BCUT2D eigenvalue weighted by Crippen LogP contribution is 2.08. The summed E-state index contributed by atoms with van der Waals surface area (Å²) in [5.41, 5.74) is 1.42. The van der Waals surface area contributed by atoms with Gasteiger partial charge in [0, 0.05) is 12.6 Å². The van der Waals surface area contributed by atoms with Crippen molar-refractivity contribution < 1.29 is 14.6 Å². The van der Waals surface area contributed by atoms with Gasteiger partial charge in [-0.05, 0) is 18.6 Å². The number of hydrogen-bond donors (Lipinski definition) is 2. The average molecular weight is 251 g/mol. The highest BCUT2D eigenvalue weighted by atomic mass is 16.5. The van der Waals surface area contributed by atoms with Gasteiger partial charge in [-0.3, -0.25) is 0 Å². The molecule has 1 atom stereocenters. The number of benzene rings is 1. The fraction of sp³-hybridized carbons (Fsp3) is 0.500. The SMILES string of the molecule is Cc1ccccc1C(=O)OC[C@@H](O)CNC(C)C. The predicted molar refractivity (Wildman–Crippen MR) is 70.6 cm³/mol. The maximum Gasteiger partial charge on any atom is 0.338 e. The maximum atomic E-state index is 11.8. The lowest BCUT2D eigenvalue weighted by Crippen LogP contribution is -2.35. The summed E-state index contributed by atoms with van der Waals surface area (Å²) in [6.45, 7) is 6.26. The Kier molecular flexibility index (Phi) is 5.82. The number of esters is 1. The summed E-state index contributed by atoms with van der Waals surface area (Å²) in [7, 11) is 0. The molecule has 2 N–H and O–H groups in total. The van der Waals surface area contributed by atoms with Gasteiger partial charge in [0.25, 0.3) is 0 Å². The van der Waals surface area contributed by atoms with Crippen molar-refractivity contribution in [2.24, 2.45) is 0 Å². The van der Waals surface area contributed by atoms with Crippen LogP contribution in [0.25, 0.3) is 0 Å². The largest absolute Gasteiger partial charge is 0.459 e. The van der Waals surface area contributed by atoms with Crippen molar-refractivity contribution in [3.63, 3.8) is 0 Å². The lowest BCUT2D eigenvalue weighted by atomic mass is 10.1. The van der Waals surface area contributed by atoms with Gasteiger partial charge in [0.05, 0.1) is 5.56 Å². The molecule has 0 spiro atoms. The number of carbonyl (C=O) groups excluding carboxylic acids is 1. The third-order valence-corrected chi connectivity index (χ3v) is 2.53. The topological polar surface area (TPSA) is 58.6 Å². The van der Waals surface area contributed by atoms with Crippen LogP contribution in [-0.4, -0.2) is 36.4 Å². The van der Waals surface area contributed by atoms with Gasteiger partial charge in [-0.15, -0.1) is 0 Å². The van der Waals surface area contributed by atoms with Gasteiger partial charge in [-0.1, -0.05) is 32.0 Å². The average Bonchev–Trinajstić information content (AvgIpc) is 2.34. The highest BCUT2D eigenvalue weighted by molar-refractivity contribution is 5.90. The third-order valence-electron chi connectivity index (χ3n) is 2.53. The summed E-state index contributed by atoms with van der Waals surface area (Å²) in [6.07, 6.45) is -0.680. The second-order valence-corrected chi connectivity index (χ2v) is 4.63. The second kappa shape index (κ2) is 7.13. The van der Waals surface area contributed by atoms with Gasteiger partial charge in [0.2, 0.25) is 0 Å². The summed E-state index contributed by atoms with van der Waals surface area (Å²) in [6, 6.07) is 7.53. The number of aryl methyl sites for hydroxylation is 1. The number of aliphatic hydroxyl groups is 1. The Bertz CT molecular complexity index is 390. The zero-order valence-corrected chi connectivity index (χ0v) is 11.1. The van der Waals surface area contributed by atoms with E-state index in [1.54, 1.807) is 12.1 Å². The zero-order chi connectivity index (χ0) is 13.5. The lowest BCUT2D eigenvalue weighted by molar-refractivity contribution is 0.0255. The van der Waals surface area contributed by atoms with Gasteiger partial charge in [0.1, 0.15) is 12.7 Å². The van der Waals surface area contributed by atoms with Gasteiger partial charge in [-0.25, -0.2) is 4.79 Å². The van der Waals surface area contributed by atoms with Gasteiger partial charge in [0.15, 0.2) is 0 Å². The summed E-state index contributed by atoms with van der Waals surface area (Å²) in [5, 5.41) is 12.7. The van der Waals surface area contributed by atoms with E-state index in [-0.39, 0.29) is 6.61 Å². The Labute approximate surface area is 108 Å². The number of carbonyl (C=O) groups is 1. The van der Waals surface area contributed by atoms with Gasteiger partial charge >= 0.3 is 5.97 Å². The van der Waals surface area contributed by atoms with E-state index >= 15 is 0 Å². The molecular weight excluding hydrogens is 230 g/mol. The molecule has 0 radical (unpaired) electrons. The molecule has 1 aromatic rings. The van der Waals surface area contributed by atoms with E-state index in [0.717, 1.165) is 5.56 Å². The smallest absolute Gasteiger partial charge is 0.338 e. The van der Waals surface area contributed by atoms with Crippen molar-refractivity contribution in [2.45, 2.75) is 32.9 Å². The van der Waals surface area contributed by atoms with E-state index < -0.39 is 12.1 Å². The fourth-order valence-electron chi connectivity index (χ4n) is 1.48. The van der Waals surface area contributed by atoms with Crippen molar-refractivity contribution in [1.29, 1.82) is 0 Å². The van der Waals surface area contributed by atoms with Crippen LogP contribution in [0.5, 0.6) is 0 Å². The molecular formula is C14H21NO3. The Hall–Kier alpha value is -1.39. The molecule has 0 fully saturated rings. The Morgan fingerprint density at radius 3 is 2.67 bits per heavy atom. The number of rotatable bonds is 6. The van der Waals surface area contributed by atoms with Crippen LogP contribution in [0.1, 0.15) is 29.8 Å². The molecule has 0 aliphatic heterocycles. The van der Waals surface area contributed by atoms with Crippen LogP contribution in [-0.2, 0) is 4.74 Å². The fourth-order valence-corrected chi connectivity index (χ4v) is 1.48. The van der Waals surface area contributed by atoms with E-state index in [2.05, 4.69) is 5.32 Å². The molecule has 100 valence electrons. The molecule has 0 aliphatic rings. The summed E-state index contributed by atoms with van der Waals surface area (Å²) in [4.78, 5) is 11.8. The first-order valence-electron chi connectivity index (χ1n) is 6.15. The molecule has 4 nitrogen and oxygen atoms in total. The van der Waals surface area contributed by atoms with E-state index in [1.165, 1.54) is 0 Å². The molecule has 4 heteroatoms. The Balaban J connectivity index is 2.40. The molecule has 1 aromatic carbocycles. The van der Waals surface area contributed by atoms with Crippen molar-refractivity contribution in [3.05, 3.63) is 35.4 Å². The minimum atomic E-state index is -0.680.